The Kier molecular flexibility index (Phi) is 7.41. The highest BCUT2D eigenvalue weighted by Crippen LogP contribution is 2.12. The summed E-state index contributed by atoms with van der Waals surface area (Å²) in [6.07, 6.45) is 3.26. The van der Waals surface area contributed by atoms with E-state index in [9.17, 15) is 4.79 Å². The minimum atomic E-state index is 0.0835. The van der Waals surface area contributed by atoms with Gasteiger partial charge in [0.15, 0.2) is 5.96 Å². The van der Waals surface area contributed by atoms with E-state index in [2.05, 4.69) is 29.5 Å². The summed E-state index contributed by atoms with van der Waals surface area (Å²) >= 11 is 0. The average Bonchev–Trinajstić information content (AvgIpc) is 2.86. The topological polar surface area (TPSA) is 56.7 Å². The highest BCUT2D eigenvalue weighted by atomic mass is 16.2. The summed E-state index contributed by atoms with van der Waals surface area (Å²) in [4.78, 5) is 18.5. The molecule has 20 heavy (non-hydrogen) atoms. The number of hydrogen-bond acceptors (Lipinski definition) is 2. The van der Waals surface area contributed by atoms with E-state index in [1.54, 1.807) is 0 Å². The first-order valence-corrected chi connectivity index (χ1v) is 7.92. The van der Waals surface area contributed by atoms with E-state index >= 15 is 0 Å². The smallest absolute Gasteiger partial charge is 0.225 e. The fourth-order valence-corrected chi connectivity index (χ4v) is 2.31. The lowest BCUT2D eigenvalue weighted by Crippen LogP contribution is -2.45. The highest BCUT2D eigenvalue weighted by molar-refractivity contribution is 5.81. The maximum Gasteiger partial charge on any atom is 0.225 e. The quantitative estimate of drug-likeness (QED) is 0.442. The normalized spacial score (nSPS) is 19.6. The third-order valence-corrected chi connectivity index (χ3v) is 3.46. The van der Waals surface area contributed by atoms with E-state index in [4.69, 9.17) is 0 Å². The molecule has 0 bridgehead atoms. The first kappa shape index (κ1) is 16.8. The number of rotatable bonds is 6. The van der Waals surface area contributed by atoms with Crippen LogP contribution in [0.4, 0.5) is 0 Å². The van der Waals surface area contributed by atoms with Gasteiger partial charge in [-0.25, -0.2) is 0 Å². The summed E-state index contributed by atoms with van der Waals surface area (Å²) in [7, 11) is 0. The van der Waals surface area contributed by atoms with Crippen molar-refractivity contribution < 1.29 is 4.79 Å². The molecule has 1 aliphatic rings. The molecular weight excluding hydrogens is 252 g/mol. The molecule has 2 N–H and O–H groups in total. The maximum absolute atomic E-state index is 12.0. The van der Waals surface area contributed by atoms with Gasteiger partial charge in [-0.2, -0.15) is 0 Å². The van der Waals surface area contributed by atoms with E-state index in [1.807, 2.05) is 18.7 Å². The van der Waals surface area contributed by atoms with Gasteiger partial charge in [0.25, 0.3) is 0 Å². The van der Waals surface area contributed by atoms with Crippen molar-refractivity contribution in [3.05, 3.63) is 0 Å². The molecule has 116 valence electrons. The van der Waals surface area contributed by atoms with E-state index in [1.165, 1.54) is 0 Å². The number of hydrogen-bond donors (Lipinski definition) is 2. The van der Waals surface area contributed by atoms with Crippen LogP contribution in [0.1, 0.15) is 47.0 Å². The van der Waals surface area contributed by atoms with Crippen molar-refractivity contribution in [3.63, 3.8) is 0 Å². The minimum Gasteiger partial charge on any atom is -0.357 e. The lowest BCUT2D eigenvalue weighted by atomic mass is 10.2. The number of carbonyl (C=O) groups excluding carboxylic acids is 1. The molecule has 0 aromatic carbocycles. The van der Waals surface area contributed by atoms with Crippen LogP contribution in [0.2, 0.25) is 0 Å². The highest BCUT2D eigenvalue weighted by Gasteiger charge is 2.27. The number of likely N-dealkylation sites (tertiary alicyclic amines) is 1. The van der Waals surface area contributed by atoms with Crippen molar-refractivity contribution in [1.82, 2.24) is 15.5 Å². The van der Waals surface area contributed by atoms with Crippen LogP contribution < -0.4 is 10.6 Å². The summed E-state index contributed by atoms with van der Waals surface area (Å²) in [5, 5.41) is 6.72. The van der Waals surface area contributed by atoms with Crippen LogP contribution in [-0.4, -0.2) is 49.0 Å². The summed E-state index contributed by atoms with van der Waals surface area (Å²) in [5.41, 5.74) is 0. The molecule has 0 aromatic rings. The number of guanidine groups is 1. The van der Waals surface area contributed by atoms with Gasteiger partial charge in [-0.05, 0) is 19.8 Å². The molecule has 1 aliphatic heterocycles. The van der Waals surface area contributed by atoms with Crippen LogP contribution in [0.15, 0.2) is 4.99 Å². The van der Waals surface area contributed by atoms with Crippen LogP contribution in [0.3, 0.4) is 0 Å². The summed E-state index contributed by atoms with van der Waals surface area (Å²) < 4.78 is 0. The Morgan fingerprint density at radius 1 is 1.40 bits per heavy atom. The number of carbonyl (C=O) groups is 1. The number of unbranched alkanes of at least 4 members (excludes halogenated alkanes) is 1. The number of aliphatic imine (C=N–C) groups is 1. The molecule has 1 saturated heterocycles. The summed E-state index contributed by atoms with van der Waals surface area (Å²) in [5.74, 6) is 1.22. The van der Waals surface area contributed by atoms with E-state index in [0.29, 0.717) is 6.04 Å². The van der Waals surface area contributed by atoms with Gasteiger partial charge < -0.3 is 15.5 Å². The van der Waals surface area contributed by atoms with Crippen LogP contribution >= 0.6 is 0 Å². The van der Waals surface area contributed by atoms with Crippen molar-refractivity contribution >= 4 is 11.9 Å². The molecule has 1 amide bonds. The SMILES string of the molecule is CCCCN=C(NCC)NC1CCN(C(=O)C(C)C)C1. The van der Waals surface area contributed by atoms with Gasteiger partial charge in [0, 0.05) is 38.1 Å². The zero-order valence-electron chi connectivity index (χ0n) is 13.4. The predicted octanol–water partition coefficient (Wildman–Crippen LogP) is 1.60. The molecule has 0 radical (unpaired) electrons. The first-order chi connectivity index (χ1) is 9.58. The molecule has 1 heterocycles. The second kappa shape index (κ2) is 8.82. The minimum absolute atomic E-state index is 0.0835. The van der Waals surface area contributed by atoms with Crippen molar-refractivity contribution in [1.29, 1.82) is 0 Å². The Hall–Kier alpha value is -1.26. The molecular formula is C15H30N4O. The Morgan fingerprint density at radius 2 is 2.15 bits per heavy atom. The Bertz CT molecular complexity index is 328. The third kappa shape index (κ3) is 5.39. The van der Waals surface area contributed by atoms with E-state index in [-0.39, 0.29) is 11.8 Å². The van der Waals surface area contributed by atoms with Crippen molar-refractivity contribution in [2.45, 2.75) is 53.0 Å². The molecule has 0 saturated carbocycles. The average molecular weight is 282 g/mol. The number of nitrogens with one attached hydrogen (secondary N) is 2. The second-order valence-corrected chi connectivity index (χ2v) is 5.68. The molecule has 5 heteroatoms. The molecule has 1 fully saturated rings. The van der Waals surface area contributed by atoms with E-state index in [0.717, 1.165) is 51.4 Å². The van der Waals surface area contributed by atoms with Crippen molar-refractivity contribution in [2.75, 3.05) is 26.2 Å². The van der Waals surface area contributed by atoms with Crippen LogP contribution in [0, 0.1) is 5.92 Å². The predicted molar refractivity (Wildman–Crippen MR) is 83.8 cm³/mol. The first-order valence-electron chi connectivity index (χ1n) is 7.92. The van der Waals surface area contributed by atoms with Crippen LogP contribution in [0.5, 0.6) is 0 Å². The molecule has 0 aliphatic carbocycles. The fraction of sp³-hybridized carbons (Fsp3) is 0.867. The van der Waals surface area contributed by atoms with Crippen molar-refractivity contribution in [2.24, 2.45) is 10.9 Å². The lowest BCUT2D eigenvalue weighted by Gasteiger charge is -2.20. The molecule has 0 spiro atoms. The van der Waals surface area contributed by atoms with Gasteiger partial charge in [-0.3, -0.25) is 9.79 Å². The molecule has 0 aromatic heterocycles. The zero-order chi connectivity index (χ0) is 15.0. The molecule has 1 unspecified atom stereocenters. The van der Waals surface area contributed by atoms with Gasteiger partial charge in [0.05, 0.1) is 0 Å². The van der Waals surface area contributed by atoms with Gasteiger partial charge in [-0.15, -0.1) is 0 Å². The fourth-order valence-electron chi connectivity index (χ4n) is 2.31. The molecule has 1 atom stereocenters. The third-order valence-electron chi connectivity index (χ3n) is 3.46. The van der Waals surface area contributed by atoms with Gasteiger partial charge in [0.2, 0.25) is 5.91 Å². The second-order valence-electron chi connectivity index (χ2n) is 5.68. The van der Waals surface area contributed by atoms with Gasteiger partial charge in [-0.1, -0.05) is 27.2 Å². The lowest BCUT2D eigenvalue weighted by molar-refractivity contribution is -0.133. The summed E-state index contributed by atoms with van der Waals surface area (Å²) in [6, 6.07) is 0.317. The Morgan fingerprint density at radius 3 is 2.75 bits per heavy atom. The molecule has 1 rings (SSSR count). The standard InChI is InChI=1S/C15H30N4O/c1-5-7-9-17-15(16-6-2)18-13-8-10-19(11-13)14(20)12(3)4/h12-13H,5-11H2,1-4H3,(H2,16,17,18). The van der Waals surface area contributed by atoms with Gasteiger partial charge >= 0.3 is 0 Å². The zero-order valence-corrected chi connectivity index (χ0v) is 13.4. The Labute approximate surface area is 123 Å². The monoisotopic (exact) mass is 282 g/mol. The van der Waals surface area contributed by atoms with Gasteiger partial charge in [0.1, 0.15) is 0 Å². The van der Waals surface area contributed by atoms with Crippen molar-refractivity contribution in [3.8, 4) is 0 Å². The largest absolute Gasteiger partial charge is 0.357 e. The van der Waals surface area contributed by atoms with Crippen LogP contribution in [0.25, 0.3) is 0 Å². The Balaban J connectivity index is 2.46. The van der Waals surface area contributed by atoms with Crippen LogP contribution in [-0.2, 0) is 4.79 Å². The molecule has 5 nitrogen and oxygen atoms in total. The van der Waals surface area contributed by atoms with E-state index < -0.39 is 0 Å². The summed E-state index contributed by atoms with van der Waals surface area (Å²) in [6.45, 7) is 11.5. The number of nitrogens with zero attached hydrogens (tertiary/aromatic N) is 2. The maximum atomic E-state index is 12.0. The number of amides is 1.